The van der Waals surface area contributed by atoms with Crippen molar-refractivity contribution < 1.29 is 9.59 Å². The third-order valence-corrected chi connectivity index (χ3v) is 5.40. The molecule has 0 unspecified atom stereocenters. The van der Waals surface area contributed by atoms with E-state index in [1.807, 2.05) is 11.8 Å². The van der Waals surface area contributed by atoms with Gasteiger partial charge in [-0.2, -0.15) is 0 Å². The van der Waals surface area contributed by atoms with Gasteiger partial charge in [0.2, 0.25) is 11.8 Å². The van der Waals surface area contributed by atoms with E-state index < -0.39 is 0 Å². The third kappa shape index (κ3) is 4.23. The van der Waals surface area contributed by atoms with Crippen molar-refractivity contribution in [1.82, 2.24) is 10.2 Å². The van der Waals surface area contributed by atoms with Gasteiger partial charge in [-0.1, -0.05) is 32.0 Å². The molecule has 0 radical (unpaired) electrons. The fraction of sp³-hybridized carbons (Fsp3) is 0.619. The summed E-state index contributed by atoms with van der Waals surface area (Å²) in [6, 6.07) is 6.59. The normalized spacial score (nSPS) is 21.4. The molecule has 2 atom stereocenters. The molecule has 136 valence electrons. The smallest absolute Gasteiger partial charge is 0.225 e. The van der Waals surface area contributed by atoms with E-state index in [0.29, 0.717) is 18.9 Å². The molecule has 4 nitrogen and oxygen atoms in total. The van der Waals surface area contributed by atoms with E-state index in [-0.39, 0.29) is 23.8 Å². The fourth-order valence-electron chi connectivity index (χ4n) is 4.00. The predicted molar refractivity (Wildman–Crippen MR) is 99.2 cm³/mol. The summed E-state index contributed by atoms with van der Waals surface area (Å²) in [6.07, 6.45) is 5.20. The van der Waals surface area contributed by atoms with E-state index in [0.717, 1.165) is 18.5 Å². The zero-order valence-corrected chi connectivity index (χ0v) is 15.7. The number of nitrogens with one attached hydrogen (secondary N) is 1. The van der Waals surface area contributed by atoms with Crippen molar-refractivity contribution in [2.45, 2.75) is 58.9 Å². The minimum Gasteiger partial charge on any atom is -0.349 e. The number of likely N-dealkylation sites (tertiary alicyclic amines) is 1. The van der Waals surface area contributed by atoms with Gasteiger partial charge in [0, 0.05) is 19.5 Å². The highest BCUT2D eigenvalue weighted by atomic mass is 16.2. The van der Waals surface area contributed by atoms with Crippen LogP contribution in [0.4, 0.5) is 0 Å². The summed E-state index contributed by atoms with van der Waals surface area (Å²) in [7, 11) is 0. The van der Waals surface area contributed by atoms with Crippen LogP contribution in [0.2, 0.25) is 0 Å². The predicted octanol–water partition coefficient (Wildman–Crippen LogP) is 3.25. The minimum absolute atomic E-state index is 0.00447. The Bertz CT molecular complexity index is 653. The summed E-state index contributed by atoms with van der Waals surface area (Å²) in [5.41, 5.74) is 4.06. The molecule has 1 heterocycles. The lowest BCUT2D eigenvalue weighted by molar-refractivity contribution is -0.129. The molecule has 3 rings (SSSR count). The largest absolute Gasteiger partial charge is 0.349 e. The van der Waals surface area contributed by atoms with Crippen LogP contribution >= 0.6 is 0 Å². The molecule has 4 heteroatoms. The summed E-state index contributed by atoms with van der Waals surface area (Å²) in [6.45, 7) is 7.52. The van der Waals surface area contributed by atoms with Crippen molar-refractivity contribution in [1.29, 1.82) is 0 Å². The lowest BCUT2D eigenvalue weighted by Crippen LogP contribution is -2.35. The molecule has 1 aromatic carbocycles. The Kier molecular flexibility index (Phi) is 5.45. The van der Waals surface area contributed by atoms with Gasteiger partial charge in [-0.15, -0.1) is 0 Å². The van der Waals surface area contributed by atoms with Gasteiger partial charge >= 0.3 is 0 Å². The molecule has 1 fully saturated rings. The topological polar surface area (TPSA) is 49.4 Å². The fourth-order valence-corrected chi connectivity index (χ4v) is 4.00. The maximum Gasteiger partial charge on any atom is 0.225 e. The first-order valence-corrected chi connectivity index (χ1v) is 9.64. The standard InChI is InChI=1S/C21H30N2O2/c1-14(2)12-23-13-19(11-20(23)24)21(25)22-15(3)17-9-8-16-6-4-5-7-18(16)10-17/h8-10,14-15,19H,4-7,11-13H2,1-3H3,(H,22,25)/t15-,19+/m1/s1. The lowest BCUT2D eigenvalue weighted by Gasteiger charge is -2.22. The van der Waals surface area contributed by atoms with Crippen molar-refractivity contribution in [3.8, 4) is 0 Å². The molecule has 0 saturated carbocycles. The summed E-state index contributed by atoms with van der Waals surface area (Å²) in [5, 5.41) is 3.12. The van der Waals surface area contributed by atoms with Gasteiger partial charge < -0.3 is 10.2 Å². The number of aryl methyl sites for hydroxylation is 2. The van der Waals surface area contributed by atoms with Crippen molar-refractivity contribution in [3.05, 3.63) is 34.9 Å². The number of benzene rings is 1. The van der Waals surface area contributed by atoms with Crippen LogP contribution in [0.3, 0.4) is 0 Å². The molecule has 2 amide bonds. The summed E-state index contributed by atoms with van der Waals surface area (Å²) >= 11 is 0. The van der Waals surface area contributed by atoms with Gasteiger partial charge in [0.1, 0.15) is 0 Å². The molecule has 0 spiro atoms. The van der Waals surface area contributed by atoms with Gasteiger partial charge in [-0.3, -0.25) is 9.59 Å². The van der Waals surface area contributed by atoms with Crippen LogP contribution in [0.5, 0.6) is 0 Å². The Hall–Kier alpha value is -1.84. The highest BCUT2D eigenvalue weighted by molar-refractivity contribution is 5.89. The van der Waals surface area contributed by atoms with Gasteiger partial charge in [0.25, 0.3) is 0 Å². The van der Waals surface area contributed by atoms with E-state index in [1.165, 1.54) is 30.4 Å². The molecule has 25 heavy (non-hydrogen) atoms. The van der Waals surface area contributed by atoms with E-state index >= 15 is 0 Å². The number of hydrogen-bond donors (Lipinski definition) is 1. The van der Waals surface area contributed by atoms with Crippen molar-refractivity contribution in [2.75, 3.05) is 13.1 Å². The summed E-state index contributed by atoms with van der Waals surface area (Å²) in [4.78, 5) is 26.5. The van der Waals surface area contributed by atoms with Crippen LogP contribution in [0.15, 0.2) is 18.2 Å². The number of amides is 2. The number of nitrogens with zero attached hydrogens (tertiary/aromatic N) is 1. The van der Waals surface area contributed by atoms with Crippen LogP contribution in [-0.2, 0) is 22.4 Å². The average Bonchev–Trinajstić information content (AvgIpc) is 2.94. The van der Waals surface area contributed by atoms with Crippen LogP contribution in [-0.4, -0.2) is 29.8 Å². The molecular weight excluding hydrogens is 312 g/mol. The number of rotatable bonds is 5. The Morgan fingerprint density at radius 1 is 1.20 bits per heavy atom. The zero-order valence-electron chi connectivity index (χ0n) is 15.7. The Morgan fingerprint density at radius 2 is 1.92 bits per heavy atom. The molecule has 1 saturated heterocycles. The first-order valence-electron chi connectivity index (χ1n) is 9.64. The molecule has 0 bridgehead atoms. The monoisotopic (exact) mass is 342 g/mol. The number of carbonyl (C=O) groups is 2. The SMILES string of the molecule is CC(C)CN1C[C@@H](C(=O)N[C@H](C)c2ccc3c(c2)CCCC3)CC1=O. The van der Waals surface area contributed by atoms with Crippen molar-refractivity contribution >= 4 is 11.8 Å². The van der Waals surface area contributed by atoms with Crippen LogP contribution in [0, 0.1) is 11.8 Å². The highest BCUT2D eigenvalue weighted by Gasteiger charge is 2.34. The number of carbonyl (C=O) groups excluding carboxylic acids is 2. The Labute approximate surface area is 151 Å². The second kappa shape index (κ2) is 7.59. The molecule has 1 aromatic rings. The van der Waals surface area contributed by atoms with E-state index in [2.05, 4.69) is 37.4 Å². The van der Waals surface area contributed by atoms with E-state index in [9.17, 15) is 9.59 Å². The summed E-state index contributed by atoms with van der Waals surface area (Å²) < 4.78 is 0. The van der Waals surface area contributed by atoms with Gasteiger partial charge in [-0.05, 0) is 55.2 Å². The molecule has 1 N–H and O–H groups in total. The third-order valence-electron chi connectivity index (χ3n) is 5.40. The van der Waals surface area contributed by atoms with Crippen molar-refractivity contribution in [3.63, 3.8) is 0 Å². The first-order chi connectivity index (χ1) is 11.9. The Balaban J connectivity index is 1.60. The van der Waals surface area contributed by atoms with Crippen LogP contribution < -0.4 is 5.32 Å². The van der Waals surface area contributed by atoms with Gasteiger partial charge in [0.05, 0.1) is 12.0 Å². The molecule has 2 aliphatic rings. The molecule has 1 aliphatic heterocycles. The zero-order chi connectivity index (χ0) is 18.0. The molecule has 1 aliphatic carbocycles. The van der Waals surface area contributed by atoms with Crippen molar-refractivity contribution in [2.24, 2.45) is 11.8 Å². The maximum absolute atomic E-state index is 12.6. The van der Waals surface area contributed by atoms with Crippen LogP contribution in [0.1, 0.15) is 62.8 Å². The number of hydrogen-bond acceptors (Lipinski definition) is 2. The second-order valence-electron chi connectivity index (χ2n) is 8.06. The lowest BCUT2D eigenvalue weighted by atomic mass is 9.89. The Morgan fingerprint density at radius 3 is 2.64 bits per heavy atom. The second-order valence-corrected chi connectivity index (χ2v) is 8.06. The highest BCUT2D eigenvalue weighted by Crippen LogP contribution is 2.26. The quantitative estimate of drug-likeness (QED) is 0.893. The van der Waals surface area contributed by atoms with E-state index in [4.69, 9.17) is 0 Å². The molecule has 0 aromatic heterocycles. The first kappa shape index (κ1) is 18.0. The van der Waals surface area contributed by atoms with E-state index in [1.54, 1.807) is 0 Å². The number of fused-ring (bicyclic) bond motifs is 1. The molecular formula is C21H30N2O2. The van der Waals surface area contributed by atoms with Gasteiger partial charge in [-0.25, -0.2) is 0 Å². The maximum atomic E-state index is 12.6. The van der Waals surface area contributed by atoms with Gasteiger partial charge in [0.15, 0.2) is 0 Å². The average molecular weight is 342 g/mol. The minimum atomic E-state index is -0.216. The summed E-state index contributed by atoms with van der Waals surface area (Å²) in [5.74, 6) is 0.326. The van der Waals surface area contributed by atoms with Crippen LogP contribution in [0.25, 0.3) is 0 Å².